The van der Waals surface area contributed by atoms with Gasteiger partial charge in [-0.1, -0.05) is 17.7 Å². The maximum atomic E-state index is 13.1. The van der Waals surface area contributed by atoms with Crippen LogP contribution in [0.25, 0.3) is 6.08 Å². The van der Waals surface area contributed by atoms with Crippen LogP contribution in [-0.4, -0.2) is 29.8 Å². The maximum absolute atomic E-state index is 13.1. The van der Waals surface area contributed by atoms with Crippen LogP contribution in [0.4, 0.5) is 4.39 Å². The molecule has 0 aliphatic carbocycles. The first-order valence-electron chi connectivity index (χ1n) is 7.16. The van der Waals surface area contributed by atoms with Gasteiger partial charge in [0.2, 0.25) is 11.8 Å². The predicted octanol–water partition coefficient (Wildman–Crippen LogP) is 2.61. The third-order valence-electron chi connectivity index (χ3n) is 3.78. The number of primary amides is 1. The molecule has 22 heavy (non-hydrogen) atoms. The monoisotopic (exact) mass is 324 g/mol. The summed E-state index contributed by atoms with van der Waals surface area (Å²) in [5.41, 5.74) is 5.85. The molecule has 1 aliphatic rings. The SMILES string of the molecule is NC(=O)CC1CCN(C(=O)C=Cc2ccc(F)c(Cl)c2)CC1. The molecule has 1 heterocycles. The van der Waals surface area contributed by atoms with Crippen molar-refractivity contribution in [1.29, 1.82) is 0 Å². The molecule has 1 saturated heterocycles. The summed E-state index contributed by atoms with van der Waals surface area (Å²) in [6.45, 7) is 1.23. The number of hydrogen-bond donors (Lipinski definition) is 1. The Hall–Kier alpha value is -1.88. The largest absolute Gasteiger partial charge is 0.370 e. The molecule has 0 atom stereocenters. The normalized spacial score (nSPS) is 16.2. The van der Waals surface area contributed by atoms with Gasteiger partial charge in [-0.25, -0.2) is 4.39 Å². The number of amides is 2. The van der Waals surface area contributed by atoms with Gasteiger partial charge in [0.25, 0.3) is 0 Å². The molecule has 2 rings (SSSR count). The lowest BCUT2D eigenvalue weighted by Crippen LogP contribution is -2.38. The van der Waals surface area contributed by atoms with Crippen LogP contribution in [0.3, 0.4) is 0 Å². The first kappa shape index (κ1) is 16.5. The second-order valence-electron chi connectivity index (χ2n) is 5.45. The summed E-state index contributed by atoms with van der Waals surface area (Å²) in [6.07, 6.45) is 5.02. The topological polar surface area (TPSA) is 63.4 Å². The highest BCUT2D eigenvalue weighted by Gasteiger charge is 2.22. The van der Waals surface area contributed by atoms with Crippen LogP contribution >= 0.6 is 11.6 Å². The summed E-state index contributed by atoms with van der Waals surface area (Å²) < 4.78 is 13.1. The molecule has 6 heteroatoms. The minimum Gasteiger partial charge on any atom is -0.370 e. The van der Waals surface area contributed by atoms with Crippen LogP contribution in [0.5, 0.6) is 0 Å². The summed E-state index contributed by atoms with van der Waals surface area (Å²) in [5, 5.41) is 0.0295. The molecule has 1 aromatic rings. The maximum Gasteiger partial charge on any atom is 0.246 e. The van der Waals surface area contributed by atoms with E-state index in [1.807, 2.05) is 0 Å². The van der Waals surface area contributed by atoms with E-state index in [4.69, 9.17) is 17.3 Å². The average molecular weight is 325 g/mol. The first-order chi connectivity index (χ1) is 10.5. The van der Waals surface area contributed by atoms with Crippen LogP contribution in [0.15, 0.2) is 24.3 Å². The van der Waals surface area contributed by atoms with Gasteiger partial charge in [-0.15, -0.1) is 0 Å². The van der Waals surface area contributed by atoms with Crippen molar-refractivity contribution in [2.24, 2.45) is 11.7 Å². The van der Waals surface area contributed by atoms with Gasteiger partial charge in [-0.2, -0.15) is 0 Å². The number of carbonyl (C=O) groups excluding carboxylic acids is 2. The van der Waals surface area contributed by atoms with Gasteiger partial charge < -0.3 is 10.6 Å². The van der Waals surface area contributed by atoms with E-state index in [9.17, 15) is 14.0 Å². The van der Waals surface area contributed by atoms with Gasteiger partial charge in [0, 0.05) is 25.6 Å². The molecule has 2 amide bonds. The highest BCUT2D eigenvalue weighted by Crippen LogP contribution is 2.21. The third kappa shape index (κ3) is 4.56. The minimum absolute atomic E-state index is 0.0295. The molecular weight excluding hydrogens is 307 g/mol. The molecule has 0 aromatic heterocycles. The Kier molecular flexibility index (Phi) is 5.55. The molecule has 0 spiro atoms. The Morgan fingerprint density at radius 3 is 2.64 bits per heavy atom. The molecule has 0 radical (unpaired) electrons. The number of likely N-dealkylation sites (tertiary alicyclic amines) is 1. The van der Waals surface area contributed by atoms with Gasteiger partial charge >= 0.3 is 0 Å². The molecule has 2 N–H and O–H groups in total. The number of rotatable bonds is 4. The Labute approximate surface area is 133 Å². The van der Waals surface area contributed by atoms with Crippen LogP contribution in [0.1, 0.15) is 24.8 Å². The van der Waals surface area contributed by atoms with Crippen LogP contribution in [0, 0.1) is 11.7 Å². The Bertz CT molecular complexity index is 596. The molecule has 1 aromatic carbocycles. The van der Waals surface area contributed by atoms with Crippen LogP contribution in [-0.2, 0) is 9.59 Å². The fraction of sp³-hybridized carbons (Fsp3) is 0.375. The Morgan fingerprint density at radius 1 is 1.36 bits per heavy atom. The second-order valence-corrected chi connectivity index (χ2v) is 5.85. The number of nitrogens with zero attached hydrogens (tertiary/aromatic N) is 1. The van der Waals surface area contributed by atoms with Crippen molar-refractivity contribution in [3.63, 3.8) is 0 Å². The lowest BCUT2D eigenvalue weighted by Gasteiger charge is -2.30. The van der Waals surface area contributed by atoms with E-state index in [0.717, 1.165) is 12.8 Å². The number of hydrogen-bond acceptors (Lipinski definition) is 2. The van der Waals surface area contributed by atoms with Crippen molar-refractivity contribution < 1.29 is 14.0 Å². The summed E-state index contributed by atoms with van der Waals surface area (Å²) in [6, 6.07) is 4.30. The van der Waals surface area contributed by atoms with Crippen molar-refractivity contribution >= 4 is 29.5 Å². The van der Waals surface area contributed by atoms with E-state index in [0.29, 0.717) is 25.1 Å². The summed E-state index contributed by atoms with van der Waals surface area (Å²) in [7, 11) is 0. The quantitative estimate of drug-likeness (QED) is 0.865. The standard InChI is InChI=1S/C16H18ClFN2O2/c17-13-9-11(1-3-14(13)18)2-4-16(22)20-7-5-12(6-8-20)10-15(19)21/h1-4,9,12H,5-8,10H2,(H2,19,21). The van der Waals surface area contributed by atoms with E-state index in [1.54, 1.807) is 17.0 Å². The fourth-order valence-electron chi connectivity index (χ4n) is 2.53. The van der Waals surface area contributed by atoms with Gasteiger partial charge in [-0.3, -0.25) is 9.59 Å². The van der Waals surface area contributed by atoms with E-state index in [2.05, 4.69) is 0 Å². The Morgan fingerprint density at radius 2 is 2.05 bits per heavy atom. The number of halogens is 2. The summed E-state index contributed by atoms with van der Waals surface area (Å²) in [5.74, 6) is -0.612. The van der Waals surface area contributed by atoms with E-state index < -0.39 is 5.82 Å². The first-order valence-corrected chi connectivity index (χ1v) is 7.54. The second kappa shape index (κ2) is 7.40. The number of benzene rings is 1. The van der Waals surface area contributed by atoms with E-state index in [-0.39, 0.29) is 22.8 Å². The number of piperidine rings is 1. The van der Waals surface area contributed by atoms with Crippen molar-refractivity contribution in [2.45, 2.75) is 19.3 Å². The Balaban J connectivity index is 1.89. The van der Waals surface area contributed by atoms with E-state index >= 15 is 0 Å². The zero-order chi connectivity index (χ0) is 16.1. The molecule has 1 aliphatic heterocycles. The average Bonchev–Trinajstić information content (AvgIpc) is 2.48. The van der Waals surface area contributed by atoms with Gasteiger partial charge in [0.15, 0.2) is 0 Å². The van der Waals surface area contributed by atoms with Crippen LogP contribution in [0.2, 0.25) is 5.02 Å². The number of nitrogens with two attached hydrogens (primary N) is 1. The van der Waals surface area contributed by atoms with Crippen molar-refractivity contribution in [3.8, 4) is 0 Å². The van der Waals surface area contributed by atoms with Gasteiger partial charge in [0.05, 0.1) is 5.02 Å². The fourth-order valence-corrected chi connectivity index (χ4v) is 2.72. The zero-order valence-corrected chi connectivity index (χ0v) is 12.9. The van der Waals surface area contributed by atoms with E-state index in [1.165, 1.54) is 18.2 Å². The number of carbonyl (C=O) groups is 2. The summed E-state index contributed by atoms with van der Waals surface area (Å²) in [4.78, 5) is 24.7. The minimum atomic E-state index is -0.485. The van der Waals surface area contributed by atoms with Gasteiger partial charge in [-0.05, 0) is 42.5 Å². The molecular formula is C16H18ClFN2O2. The lowest BCUT2D eigenvalue weighted by molar-refractivity contribution is -0.127. The molecule has 0 saturated carbocycles. The predicted molar refractivity (Wildman–Crippen MR) is 83.6 cm³/mol. The van der Waals surface area contributed by atoms with Crippen molar-refractivity contribution in [2.75, 3.05) is 13.1 Å². The molecule has 0 bridgehead atoms. The van der Waals surface area contributed by atoms with Crippen LogP contribution < -0.4 is 5.73 Å². The molecule has 4 nitrogen and oxygen atoms in total. The highest BCUT2D eigenvalue weighted by molar-refractivity contribution is 6.30. The van der Waals surface area contributed by atoms with Gasteiger partial charge in [0.1, 0.15) is 5.82 Å². The van der Waals surface area contributed by atoms with Crippen molar-refractivity contribution in [1.82, 2.24) is 4.90 Å². The van der Waals surface area contributed by atoms with Crippen molar-refractivity contribution in [3.05, 3.63) is 40.7 Å². The third-order valence-corrected chi connectivity index (χ3v) is 4.07. The smallest absolute Gasteiger partial charge is 0.246 e. The molecule has 1 fully saturated rings. The highest BCUT2D eigenvalue weighted by atomic mass is 35.5. The molecule has 0 unspecified atom stereocenters. The lowest BCUT2D eigenvalue weighted by atomic mass is 9.93. The zero-order valence-electron chi connectivity index (χ0n) is 12.1. The molecule has 118 valence electrons. The summed E-state index contributed by atoms with van der Waals surface area (Å²) >= 11 is 5.69.